The Labute approximate surface area is 166 Å². The molecule has 0 aromatic heterocycles. The second-order valence-electron chi connectivity index (χ2n) is 7.71. The van der Waals surface area contributed by atoms with E-state index < -0.39 is 16.8 Å². The first-order chi connectivity index (χ1) is 13.9. The average molecular weight is 394 g/mol. The van der Waals surface area contributed by atoms with Crippen LogP contribution in [0.3, 0.4) is 0 Å². The number of nitrogens with zero attached hydrogens (tertiary/aromatic N) is 2. The zero-order valence-electron chi connectivity index (χ0n) is 15.6. The van der Waals surface area contributed by atoms with E-state index in [4.69, 9.17) is 9.47 Å². The highest BCUT2D eigenvalue weighted by Crippen LogP contribution is 2.50. The number of imide groups is 1. The maximum absolute atomic E-state index is 13.0. The third-order valence-electron chi connectivity index (χ3n) is 5.89. The number of carbonyl (C=O) groups is 2. The monoisotopic (exact) mass is 394 g/mol. The highest BCUT2D eigenvalue weighted by molar-refractivity contribution is 6.23. The van der Waals surface area contributed by atoms with E-state index in [-0.39, 0.29) is 41.1 Å². The van der Waals surface area contributed by atoms with Gasteiger partial charge in [-0.1, -0.05) is 17.7 Å². The zero-order chi connectivity index (χ0) is 20.3. The lowest BCUT2D eigenvalue weighted by Crippen LogP contribution is -2.34. The van der Waals surface area contributed by atoms with Gasteiger partial charge < -0.3 is 9.47 Å². The minimum absolute atomic E-state index is 0.158. The van der Waals surface area contributed by atoms with Crippen LogP contribution in [-0.4, -0.2) is 28.9 Å². The first-order valence-corrected chi connectivity index (χ1v) is 9.49. The Bertz CT molecular complexity index is 1010. The molecule has 8 nitrogen and oxygen atoms in total. The van der Waals surface area contributed by atoms with Gasteiger partial charge in [0.2, 0.25) is 11.8 Å². The summed E-state index contributed by atoms with van der Waals surface area (Å²) >= 11 is 0. The highest BCUT2D eigenvalue weighted by atomic mass is 16.6. The molecule has 0 saturated carbocycles. The minimum atomic E-state index is -0.565. The van der Waals surface area contributed by atoms with E-state index in [1.54, 1.807) is 12.1 Å². The normalized spacial score (nSPS) is 27.4. The molecule has 0 unspecified atom stereocenters. The van der Waals surface area contributed by atoms with Crippen molar-refractivity contribution in [2.45, 2.75) is 32.0 Å². The van der Waals surface area contributed by atoms with Crippen LogP contribution in [0, 0.1) is 28.9 Å². The first kappa shape index (κ1) is 17.8. The van der Waals surface area contributed by atoms with Crippen LogP contribution in [-0.2, 0) is 14.3 Å². The number of amides is 2. The fourth-order valence-electron chi connectivity index (χ4n) is 4.57. The van der Waals surface area contributed by atoms with Crippen molar-refractivity contribution in [2.24, 2.45) is 11.8 Å². The van der Waals surface area contributed by atoms with E-state index in [0.717, 1.165) is 23.3 Å². The summed E-state index contributed by atoms with van der Waals surface area (Å²) in [6.45, 7) is 1.94. The van der Waals surface area contributed by atoms with E-state index in [1.807, 2.05) is 19.1 Å². The lowest BCUT2D eigenvalue weighted by Gasteiger charge is -2.18. The molecule has 148 valence electrons. The molecule has 8 heteroatoms. The number of ether oxygens (including phenoxy) is 2. The summed E-state index contributed by atoms with van der Waals surface area (Å²) in [5.74, 6) is -1.01. The molecule has 2 aromatic rings. The van der Waals surface area contributed by atoms with Crippen LogP contribution in [0.4, 0.5) is 11.4 Å². The first-order valence-electron chi connectivity index (χ1n) is 9.49. The number of hydrogen-bond acceptors (Lipinski definition) is 6. The SMILES string of the molecule is Cc1ccc(Oc2cc(N3C(=O)[C@@H]4[C@H](C3=O)[C@@H]3CC[C@@H]4O3)cc([N+](=O)[O-])c2)cc1. The smallest absolute Gasteiger partial charge is 0.275 e. The second-order valence-corrected chi connectivity index (χ2v) is 7.71. The van der Waals surface area contributed by atoms with Crippen LogP contribution < -0.4 is 9.64 Å². The quantitative estimate of drug-likeness (QED) is 0.448. The van der Waals surface area contributed by atoms with E-state index in [9.17, 15) is 19.7 Å². The maximum atomic E-state index is 13.0. The summed E-state index contributed by atoms with van der Waals surface area (Å²) < 4.78 is 11.5. The highest BCUT2D eigenvalue weighted by Gasteiger charge is 2.62. The predicted molar refractivity (Wildman–Crippen MR) is 102 cm³/mol. The van der Waals surface area contributed by atoms with Gasteiger partial charge in [0.05, 0.1) is 40.7 Å². The van der Waals surface area contributed by atoms with Gasteiger partial charge in [-0.05, 0) is 31.9 Å². The zero-order valence-corrected chi connectivity index (χ0v) is 15.6. The molecule has 3 heterocycles. The van der Waals surface area contributed by atoms with Gasteiger partial charge in [-0.2, -0.15) is 0 Å². The van der Waals surface area contributed by atoms with Gasteiger partial charge in [0.25, 0.3) is 5.69 Å². The largest absolute Gasteiger partial charge is 0.457 e. The van der Waals surface area contributed by atoms with Crippen molar-refractivity contribution in [1.29, 1.82) is 0 Å². The molecule has 3 fully saturated rings. The van der Waals surface area contributed by atoms with E-state index in [0.29, 0.717) is 5.75 Å². The lowest BCUT2D eigenvalue weighted by atomic mass is 9.81. The summed E-state index contributed by atoms with van der Waals surface area (Å²) in [6, 6.07) is 11.2. The van der Waals surface area contributed by atoms with Gasteiger partial charge in [-0.15, -0.1) is 0 Å². The van der Waals surface area contributed by atoms with Crippen LogP contribution in [0.25, 0.3) is 0 Å². The van der Waals surface area contributed by atoms with Gasteiger partial charge in [0.15, 0.2) is 0 Å². The summed E-state index contributed by atoms with van der Waals surface area (Å²) in [4.78, 5) is 37.9. The molecule has 3 aliphatic rings. The van der Waals surface area contributed by atoms with Gasteiger partial charge in [-0.3, -0.25) is 19.7 Å². The lowest BCUT2D eigenvalue weighted by molar-refractivity contribution is -0.384. The Kier molecular flexibility index (Phi) is 3.92. The van der Waals surface area contributed by atoms with E-state index >= 15 is 0 Å². The molecule has 3 saturated heterocycles. The van der Waals surface area contributed by atoms with Crippen molar-refractivity contribution >= 4 is 23.2 Å². The Balaban J connectivity index is 1.52. The molecule has 0 N–H and O–H groups in total. The number of hydrogen-bond donors (Lipinski definition) is 0. The molecule has 0 aliphatic carbocycles. The van der Waals surface area contributed by atoms with Crippen LogP contribution in [0.15, 0.2) is 42.5 Å². The molecule has 2 aromatic carbocycles. The van der Waals surface area contributed by atoms with Gasteiger partial charge in [-0.25, -0.2) is 4.90 Å². The standard InChI is InChI=1S/C21H18N2O6/c1-11-2-4-14(5-3-11)28-15-9-12(8-13(10-15)23(26)27)22-20(24)18-16-6-7-17(29-16)19(18)21(22)25/h2-5,8-10,16-19H,6-7H2,1H3/t16-,17-,18-,19+/m0/s1. The van der Waals surface area contributed by atoms with Crippen molar-refractivity contribution in [3.8, 4) is 11.5 Å². The number of non-ortho nitro benzene ring substituents is 1. The Hall–Kier alpha value is -3.26. The van der Waals surface area contributed by atoms with E-state index in [2.05, 4.69) is 0 Å². The summed E-state index contributed by atoms with van der Waals surface area (Å²) in [6.07, 6.45) is 1.03. The molecule has 29 heavy (non-hydrogen) atoms. The van der Waals surface area contributed by atoms with E-state index in [1.165, 1.54) is 18.2 Å². The number of nitro groups is 1. The fourth-order valence-corrected chi connectivity index (χ4v) is 4.57. The number of anilines is 1. The number of rotatable bonds is 4. The molecule has 4 atom stereocenters. The molecule has 0 radical (unpaired) electrons. The summed E-state index contributed by atoms with van der Waals surface area (Å²) in [7, 11) is 0. The number of benzene rings is 2. The number of nitro benzene ring substituents is 1. The molecule has 3 aliphatic heterocycles. The maximum Gasteiger partial charge on any atom is 0.275 e. The average Bonchev–Trinajstić information content (AvgIpc) is 3.37. The molecular formula is C21H18N2O6. The number of carbonyl (C=O) groups excluding carboxylic acids is 2. The molecular weight excluding hydrogens is 376 g/mol. The van der Waals surface area contributed by atoms with Crippen LogP contribution >= 0.6 is 0 Å². The van der Waals surface area contributed by atoms with Gasteiger partial charge in [0, 0.05) is 12.1 Å². The van der Waals surface area contributed by atoms with Crippen LogP contribution in [0.1, 0.15) is 18.4 Å². The fraction of sp³-hybridized carbons (Fsp3) is 0.333. The topological polar surface area (TPSA) is 99.0 Å². The Morgan fingerprint density at radius 3 is 2.21 bits per heavy atom. The molecule has 2 amide bonds. The predicted octanol–water partition coefficient (Wildman–Crippen LogP) is 3.36. The van der Waals surface area contributed by atoms with Crippen molar-refractivity contribution in [3.05, 3.63) is 58.1 Å². The Morgan fingerprint density at radius 1 is 1.00 bits per heavy atom. The van der Waals surface area contributed by atoms with Crippen molar-refractivity contribution < 1.29 is 24.0 Å². The third kappa shape index (κ3) is 2.79. The summed E-state index contributed by atoms with van der Waals surface area (Å²) in [5, 5.41) is 11.4. The number of fused-ring (bicyclic) bond motifs is 5. The van der Waals surface area contributed by atoms with Crippen molar-refractivity contribution in [1.82, 2.24) is 0 Å². The molecule has 0 spiro atoms. The third-order valence-corrected chi connectivity index (χ3v) is 5.89. The Morgan fingerprint density at radius 2 is 1.62 bits per heavy atom. The van der Waals surface area contributed by atoms with Crippen LogP contribution in [0.2, 0.25) is 0 Å². The van der Waals surface area contributed by atoms with Gasteiger partial charge in [0.1, 0.15) is 11.5 Å². The summed E-state index contributed by atoms with van der Waals surface area (Å²) in [5.41, 5.74) is 0.959. The minimum Gasteiger partial charge on any atom is -0.457 e. The van der Waals surface area contributed by atoms with Gasteiger partial charge >= 0.3 is 0 Å². The second kappa shape index (κ2) is 6.38. The van der Waals surface area contributed by atoms with Crippen molar-refractivity contribution in [3.63, 3.8) is 0 Å². The molecule has 5 rings (SSSR count). The van der Waals surface area contributed by atoms with Crippen LogP contribution in [0.5, 0.6) is 11.5 Å². The molecule has 2 bridgehead atoms. The number of aryl methyl sites for hydroxylation is 1. The van der Waals surface area contributed by atoms with Crippen molar-refractivity contribution in [2.75, 3.05) is 4.90 Å².